The first-order chi connectivity index (χ1) is 15.5. The highest BCUT2D eigenvalue weighted by molar-refractivity contribution is 7.99. The second-order valence-electron chi connectivity index (χ2n) is 7.29. The number of aromatic nitrogens is 3. The fraction of sp³-hybridized carbons (Fsp3) is 0.318. The fourth-order valence-electron chi connectivity index (χ4n) is 3.39. The zero-order chi connectivity index (χ0) is 22.7. The van der Waals surface area contributed by atoms with Gasteiger partial charge in [-0.2, -0.15) is 8.78 Å². The monoisotopic (exact) mass is 460 g/mol. The maximum Gasteiger partial charge on any atom is 0.346 e. The predicted molar refractivity (Wildman–Crippen MR) is 117 cm³/mol. The normalized spacial score (nSPS) is 13.4. The molecular formula is C22H22F2N4O3S. The maximum atomic E-state index is 12.9. The van der Waals surface area contributed by atoms with Crippen LogP contribution in [0.2, 0.25) is 0 Å². The molecule has 0 atom stereocenters. The number of hydrogen-bond donors (Lipinski definition) is 1. The molecule has 0 saturated heterocycles. The third kappa shape index (κ3) is 4.85. The van der Waals surface area contributed by atoms with Crippen LogP contribution in [0.1, 0.15) is 29.2 Å². The van der Waals surface area contributed by atoms with E-state index in [4.69, 9.17) is 4.74 Å². The van der Waals surface area contributed by atoms with Gasteiger partial charge in [-0.05, 0) is 49.2 Å². The molecule has 32 heavy (non-hydrogen) atoms. The van der Waals surface area contributed by atoms with Crippen LogP contribution >= 0.6 is 11.8 Å². The van der Waals surface area contributed by atoms with Crippen LogP contribution in [0.15, 0.2) is 58.2 Å². The van der Waals surface area contributed by atoms with E-state index in [0.29, 0.717) is 23.3 Å². The average molecular weight is 461 g/mol. The van der Waals surface area contributed by atoms with E-state index in [9.17, 15) is 18.4 Å². The SMILES string of the molecule is COc1ccc(-c2nn(CCNC(=O)c3ccccc3SC(F)F)c(=O)n2C2CC2)cc1. The van der Waals surface area contributed by atoms with Crippen molar-refractivity contribution >= 4 is 17.7 Å². The molecule has 1 aliphatic rings. The van der Waals surface area contributed by atoms with Crippen molar-refractivity contribution < 1.29 is 18.3 Å². The predicted octanol–water partition coefficient (Wildman–Crippen LogP) is 3.80. The number of rotatable bonds is 9. The molecule has 1 fully saturated rings. The topological polar surface area (TPSA) is 78.2 Å². The summed E-state index contributed by atoms with van der Waals surface area (Å²) in [5, 5.41) is 7.19. The Balaban J connectivity index is 1.48. The largest absolute Gasteiger partial charge is 0.497 e. The van der Waals surface area contributed by atoms with E-state index in [1.807, 2.05) is 24.3 Å². The van der Waals surface area contributed by atoms with E-state index in [-0.39, 0.29) is 35.3 Å². The van der Waals surface area contributed by atoms with Gasteiger partial charge >= 0.3 is 5.69 Å². The third-order valence-corrected chi connectivity index (χ3v) is 5.88. The molecule has 7 nitrogen and oxygen atoms in total. The lowest BCUT2D eigenvalue weighted by molar-refractivity contribution is 0.0949. The summed E-state index contributed by atoms with van der Waals surface area (Å²) >= 11 is 0.327. The van der Waals surface area contributed by atoms with Crippen molar-refractivity contribution in [2.24, 2.45) is 0 Å². The van der Waals surface area contributed by atoms with E-state index in [2.05, 4.69) is 10.4 Å². The van der Waals surface area contributed by atoms with Crippen molar-refractivity contribution in [1.29, 1.82) is 0 Å². The molecule has 10 heteroatoms. The summed E-state index contributed by atoms with van der Waals surface area (Å²) in [4.78, 5) is 25.6. The number of halogens is 2. The highest BCUT2D eigenvalue weighted by Gasteiger charge is 2.30. The molecule has 2 aromatic carbocycles. The molecule has 4 rings (SSSR count). The minimum absolute atomic E-state index is 0.126. The fourth-order valence-corrected chi connectivity index (χ4v) is 4.02. The molecule has 0 bridgehead atoms. The molecule has 0 spiro atoms. The number of alkyl halides is 2. The number of carbonyl (C=O) groups excluding carboxylic acids is 1. The van der Waals surface area contributed by atoms with Crippen LogP contribution in [0, 0.1) is 0 Å². The van der Waals surface area contributed by atoms with Crippen LogP contribution in [0.3, 0.4) is 0 Å². The Labute approximate surface area is 187 Å². The number of hydrogen-bond acceptors (Lipinski definition) is 5. The Bertz CT molecular complexity index is 1160. The zero-order valence-electron chi connectivity index (χ0n) is 17.3. The van der Waals surface area contributed by atoms with Crippen molar-refractivity contribution in [3.63, 3.8) is 0 Å². The number of nitrogens with zero attached hydrogens (tertiary/aromatic N) is 3. The summed E-state index contributed by atoms with van der Waals surface area (Å²) in [6.45, 7) is 0.299. The number of methoxy groups -OCH3 is 1. The van der Waals surface area contributed by atoms with Crippen molar-refractivity contribution in [3.05, 3.63) is 64.6 Å². The molecule has 1 N–H and O–H groups in total. The number of carbonyl (C=O) groups is 1. The summed E-state index contributed by atoms with van der Waals surface area (Å²) in [5.74, 6) is -1.81. The lowest BCUT2D eigenvalue weighted by atomic mass is 10.2. The van der Waals surface area contributed by atoms with Gasteiger partial charge in [-0.3, -0.25) is 9.36 Å². The standard InChI is InChI=1S/C22H22F2N4O3S/c1-31-16-10-6-14(7-11-16)19-26-27(22(30)28(19)15-8-9-15)13-12-25-20(29)17-4-2-3-5-18(17)32-21(23)24/h2-7,10-11,15,21H,8-9,12-13H2,1H3,(H,25,29). The van der Waals surface area contributed by atoms with Gasteiger partial charge in [-0.25, -0.2) is 9.48 Å². The van der Waals surface area contributed by atoms with Gasteiger partial charge < -0.3 is 10.1 Å². The number of ether oxygens (including phenoxy) is 1. The zero-order valence-corrected chi connectivity index (χ0v) is 18.1. The van der Waals surface area contributed by atoms with Gasteiger partial charge in [-0.1, -0.05) is 23.9 Å². The average Bonchev–Trinajstić information content (AvgIpc) is 3.57. The lowest BCUT2D eigenvalue weighted by Crippen LogP contribution is -2.32. The molecule has 168 valence electrons. The van der Waals surface area contributed by atoms with Crippen molar-refractivity contribution in [2.75, 3.05) is 13.7 Å². The van der Waals surface area contributed by atoms with Gasteiger partial charge in [0.05, 0.1) is 19.2 Å². The first kappa shape index (κ1) is 22.1. The first-order valence-corrected chi connectivity index (χ1v) is 11.0. The number of nitrogens with one attached hydrogen (secondary N) is 1. The number of thioether (sulfide) groups is 1. The minimum Gasteiger partial charge on any atom is -0.497 e. The Morgan fingerprint density at radius 3 is 2.59 bits per heavy atom. The number of amides is 1. The van der Waals surface area contributed by atoms with Gasteiger partial charge in [0.2, 0.25) is 0 Å². The first-order valence-electron chi connectivity index (χ1n) is 10.1. The summed E-state index contributed by atoms with van der Waals surface area (Å²) in [5.41, 5.74) is 0.740. The Hall–Kier alpha value is -3.14. The molecule has 1 heterocycles. The molecule has 1 aliphatic carbocycles. The van der Waals surface area contributed by atoms with Crippen molar-refractivity contribution in [3.8, 4) is 17.1 Å². The highest BCUT2D eigenvalue weighted by atomic mass is 32.2. The van der Waals surface area contributed by atoms with Gasteiger partial charge in [0, 0.05) is 23.0 Å². The van der Waals surface area contributed by atoms with Crippen LogP contribution in [-0.2, 0) is 6.54 Å². The van der Waals surface area contributed by atoms with Gasteiger partial charge in [0.15, 0.2) is 5.82 Å². The van der Waals surface area contributed by atoms with Crippen molar-refractivity contribution in [2.45, 2.75) is 36.1 Å². The van der Waals surface area contributed by atoms with Crippen LogP contribution < -0.4 is 15.7 Å². The van der Waals surface area contributed by atoms with Crippen LogP contribution in [0.5, 0.6) is 5.75 Å². The van der Waals surface area contributed by atoms with E-state index >= 15 is 0 Å². The summed E-state index contributed by atoms with van der Waals surface area (Å²) in [6.07, 6.45) is 1.84. The Kier molecular flexibility index (Phi) is 6.59. The summed E-state index contributed by atoms with van der Waals surface area (Å²) in [6, 6.07) is 13.6. The third-order valence-electron chi connectivity index (χ3n) is 5.09. The molecule has 0 aliphatic heterocycles. The van der Waals surface area contributed by atoms with Gasteiger partial charge in [0.1, 0.15) is 5.75 Å². The van der Waals surface area contributed by atoms with E-state index in [1.54, 1.807) is 23.8 Å². The molecule has 1 saturated carbocycles. The minimum atomic E-state index is -2.62. The molecule has 0 radical (unpaired) electrons. The van der Waals surface area contributed by atoms with Crippen LogP contribution in [-0.4, -0.2) is 39.7 Å². The molecule has 1 amide bonds. The molecular weight excluding hydrogens is 438 g/mol. The van der Waals surface area contributed by atoms with Gasteiger partial charge in [-0.15, -0.1) is 5.10 Å². The van der Waals surface area contributed by atoms with E-state index < -0.39 is 11.7 Å². The summed E-state index contributed by atoms with van der Waals surface area (Å²) in [7, 11) is 1.59. The molecule has 3 aromatic rings. The van der Waals surface area contributed by atoms with E-state index in [0.717, 1.165) is 18.4 Å². The second kappa shape index (κ2) is 9.56. The van der Waals surface area contributed by atoms with Gasteiger partial charge in [0.25, 0.3) is 11.7 Å². The quantitative estimate of drug-likeness (QED) is 0.492. The molecule has 0 unspecified atom stereocenters. The Morgan fingerprint density at radius 2 is 1.94 bits per heavy atom. The summed E-state index contributed by atoms with van der Waals surface area (Å²) < 4.78 is 33.7. The van der Waals surface area contributed by atoms with Crippen LogP contribution in [0.25, 0.3) is 11.4 Å². The maximum absolute atomic E-state index is 12.9. The Morgan fingerprint density at radius 1 is 1.22 bits per heavy atom. The molecule has 1 aromatic heterocycles. The van der Waals surface area contributed by atoms with E-state index in [1.165, 1.54) is 16.8 Å². The number of benzene rings is 2. The highest BCUT2D eigenvalue weighted by Crippen LogP contribution is 2.36. The lowest BCUT2D eigenvalue weighted by Gasteiger charge is -2.09. The smallest absolute Gasteiger partial charge is 0.346 e. The van der Waals surface area contributed by atoms with Crippen LogP contribution in [0.4, 0.5) is 8.78 Å². The van der Waals surface area contributed by atoms with Crippen molar-refractivity contribution in [1.82, 2.24) is 19.7 Å². The second-order valence-corrected chi connectivity index (χ2v) is 8.32.